The molecular formula is C23H24BF4NO3. The Morgan fingerprint density at radius 3 is 2.47 bits per heavy atom. The first-order valence-corrected chi connectivity index (χ1v) is 10.7. The van der Waals surface area contributed by atoms with E-state index in [0.717, 1.165) is 12.5 Å². The molecule has 32 heavy (non-hydrogen) atoms. The number of benzene rings is 1. The quantitative estimate of drug-likeness (QED) is 0.498. The largest absolute Gasteiger partial charge is 0.495 e. The summed E-state index contributed by atoms with van der Waals surface area (Å²) in [7, 11) is -1.28. The maximum absolute atomic E-state index is 14.6. The van der Waals surface area contributed by atoms with Gasteiger partial charge in [0.1, 0.15) is 12.4 Å². The van der Waals surface area contributed by atoms with E-state index >= 15 is 0 Å². The highest BCUT2D eigenvalue weighted by atomic mass is 19.4. The van der Waals surface area contributed by atoms with E-state index in [-0.39, 0.29) is 17.6 Å². The summed E-state index contributed by atoms with van der Waals surface area (Å²) in [5.74, 6) is 0.625. The van der Waals surface area contributed by atoms with Crippen molar-refractivity contribution in [3.05, 3.63) is 52.5 Å². The molecule has 1 saturated carbocycles. The van der Waals surface area contributed by atoms with E-state index in [9.17, 15) is 17.6 Å². The number of hydrogen-bond acceptors (Lipinski definition) is 4. The van der Waals surface area contributed by atoms with Crippen LogP contribution < -0.4 is 10.2 Å². The molecule has 0 spiro atoms. The summed E-state index contributed by atoms with van der Waals surface area (Å²) >= 11 is 0. The second kappa shape index (κ2) is 6.94. The molecule has 0 amide bonds. The molecule has 2 aromatic rings. The molecule has 1 saturated heterocycles. The monoisotopic (exact) mass is 449 g/mol. The van der Waals surface area contributed by atoms with E-state index < -0.39 is 35.9 Å². The number of aromatic nitrogens is 1. The maximum atomic E-state index is 14.6. The summed E-state index contributed by atoms with van der Waals surface area (Å²) in [5, 5.41) is 0. The molecule has 2 atom stereocenters. The highest BCUT2D eigenvalue weighted by Gasteiger charge is 2.54. The van der Waals surface area contributed by atoms with Crippen molar-refractivity contribution in [3.63, 3.8) is 0 Å². The van der Waals surface area contributed by atoms with Crippen LogP contribution in [0.25, 0.3) is 0 Å². The summed E-state index contributed by atoms with van der Waals surface area (Å²) in [6, 6.07) is 3.46. The van der Waals surface area contributed by atoms with Crippen LogP contribution in [-0.4, -0.2) is 23.3 Å². The van der Waals surface area contributed by atoms with E-state index in [0.29, 0.717) is 23.8 Å². The standard InChI is InChI=1S/C23H24BF4NO3/c1-21(2)22(3,4)32-24(31-21)18-7-14(19(25)9-17(18)23(26,27)28)11-30-20-8-13-5-12-6-15(12)16(13)10-29-20/h7-10,12,15H,5-6,11H2,1-4H3/t12-,15+/m0/s1. The molecule has 0 radical (unpaired) electrons. The van der Waals surface area contributed by atoms with Gasteiger partial charge in [-0.2, -0.15) is 13.2 Å². The van der Waals surface area contributed by atoms with Gasteiger partial charge in [-0.1, -0.05) is 6.07 Å². The first-order valence-electron chi connectivity index (χ1n) is 10.7. The molecule has 4 nitrogen and oxygen atoms in total. The van der Waals surface area contributed by atoms with Crippen molar-refractivity contribution in [1.29, 1.82) is 0 Å². The van der Waals surface area contributed by atoms with Gasteiger partial charge in [0.05, 0.1) is 16.8 Å². The minimum atomic E-state index is -4.76. The summed E-state index contributed by atoms with van der Waals surface area (Å²) in [5.41, 5.74) is -0.646. The van der Waals surface area contributed by atoms with Crippen LogP contribution in [-0.2, 0) is 28.5 Å². The zero-order chi connectivity index (χ0) is 23.1. The lowest BCUT2D eigenvalue weighted by atomic mass is 9.75. The van der Waals surface area contributed by atoms with Crippen molar-refractivity contribution >= 4 is 12.6 Å². The Morgan fingerprint density at radius 1 is 1.12 bits per heavy atom. The highest BCUT2D eigenvalue weighted by molar-refractivity contribution is 6.62. The molecule has 0 bridgehead atoms. The minimum Gasteiger partial charge on any atom is -0.473 e. The van der Waals surface area contributed by atoms with Crippen molar-refractivity contribution in [2.24, 2.45) is 5.92 Å². The Morgan fingerprint density at radius 2 is 1.81 bits per heavy atom. The van der Waals surface area contributed by atoms with Gasteiger partial charge >= 0.3 is 13.3 Å². The number of fused-ring (bicyclic) bond motifs is 3. The fourth-order valence-corrected chi connectivity index (χ4v) is 4.52. The summed E-state index contributed by atoms with van der Waals surface area (Å²) in [6.07, 6.45) is -0.782. The molecular weight excluding hydrogens is 425 g/mol. The first-order chi connectivity index (χ1) is 14.9. The van der Waals surface area contributed by atoms with Gasteiger partial charge in [-0.15, -0.1) is 0 Å². The van der Waals surface area contributed by atoms with Crippen LogP contribution in [0.3, 0.4) is 0 Å². The van der Waals surface area contributed by atoms with Crippen LogP contribution in [0.5, 0.6) is 5.88 Å². The third-order valence-corrected chi connectivity index (χ3v) is 7.21. The maximum Gasteiger partial charge on any atom is 0.495 e. The number of halogens is 4. The van der Waals surface area contributed by atoms with Crippen LogP contribution in [0.4, 0.5) is 17.6 Å². The van der Waals surface area contributed by atoms with Crippen molar-refractivity contribution in [3.8, 4) is 5.88 Å². The summed E-state index contributed by atoms with van der Waals surface area (Å²) in [4.78, 5) is 4.29. The van der Waals surface area contributed by atoms with Gasteiger partial charge in [-0.25, -0.2) is 9.37 Å². The van der Waals surface area contributed by atoms with Gasteiger partial charge in [0.2, 0.25) is 5.88 Å². The Balaban J connectivity index is 1.42. The third-order valence-electron chi connectivity index (χ3n) is 7.21. The predicted molar refractivity (Wildman–Crippen MR) is 110 cm³/mol. The molecule has 9 heteroatoms. The van der Waals surface area contributed by atoms with Crippen molar-refractivity contribution in [1.82, 2.24) is 4.98 Å². The Bertz CT molecular complexity index is 1070. The normalized spacial score (nSPS) is 24.9. The lowest BCUT2D eigenvalue weighted by Crippen LogP contribution is -2.41. The second-order valence-electron chi connectivity index (χ2n) is 9.93. The van der Waals surface area contributed by atoms with Gasteiger partial charge in [0, 0.05) is 17.8 Å². The second-order valence-corrected chi connectivity index (χ2v) is 9.93. The lowest BCUT2D eigenvalue weighted by molar-refractivity contribution is -0.137. The molecule has 0 unspecified atom stereocenters. The molecule has 1 aliphatic heterocycles. The highest BCUT2D eigenvalue weighted by Crippen LogP contribution is 2.56. The van der Waals surface area contributed by atoms with Gasteiger partial charge in [-0.3, -0.25) is 0 Å². The van der Waals surface area contributed by atoms with Gasteiger partial charge in [-0.05, 0) is 75.0 Å². The van der Waals surface area contributed by atoms with E-state index in [1.54, 1.807) is 33.9 Å². The zero-order valence-corrected chi connectivity index (χ0v) is 18.3. The number of ether oxygens (including phenoxy) is 1. The average molecular weight is 449 g/mol. The molecule has 0 N–H and O–H groups in total. The van der Waals surface area contributed by atoms with Crippen molar-refractivity contribution in [2.45, 2.75) is 70.4 Å². The number of alkyl halides is 3. The van der Waals surface area contributed by atoms with Gasteiger partial charge in [0.15, 0.2) is 0 Å². The van der Waals surface area contributed by atoms with Gasteiger partial charge < -0.3 is 14.0 Å². The molecule has 5 rings (SSSR count). The number of pyridine rings is 1. The number of hydrogen-bond donors (Lipinski definition) is 0. The Kier molecular flexibility index (Phi) is 4.70. The Hall–Kier alpha value is -2.13. The van der Waals surface area contributed by atoms with E-state index in [1.807, 2.05) is 6.07 Å². The summed E-state index contributed by atoms with van der Waals surface area (Å²) < 4.78 is 73.0. The molecule has 2 aliphatic carbocycles. The minimum absolute atomic E-state index is 0.0205. The molecule has 1 aromatic heterocycles. The molecule has 3 aliphatic rings. The number of rotatable bonds is 4. The fraction of sp³-hybridized carbons (Fsp3) is 0.522. The van der Waals surface area contributed by atoms with Crippen LogP contribution in [0.2, 0.25) is 0 Å². The smallest absolute Gasteiger partial charge is 0.473 e. The SMILES string of the molecule is CC1(C)OB(c2cc(COc3cc4c(cn3)[C@@H]3C[C@@H]3C4)c(F)cc2C(F)(F)F)OC1(C)C. The van der Waals surface area contributed by atoms with Crippen LogP contribution in [0.15, 0.2) is 24.4 Å². The summed E-state index contributed by atoms with van der Waals surface area (Å²) in [6.45, 7) is 6.73. The van der Waals surface area contributed by atoms with Crippen molar-refractivity contribution in [2.75, 3.05) is 0 Å². The molecule has 2 heterocycles. The predicted octanol–water partition coefficient (Wildman–Crippen LogP) is 4.78. The third kappa shape index (κ3) is 3.59. The van der Waals surface area contributed by atoms with Crippen LogP contribution in [0, 0.1) is 11.7 Å². The van der Waals surface area contributed by atoms with Crippen molar-refractivity contribution < 1.29 is 31.6 Å². The van der Waals surface area contributed by atoms with Crippen LogP contribution >= 0.6 is 0 Å². The van der Waals surface area contributed by atoms with Crippen LogP contribution in [0.1, 0.15) is 62.3 Å². The van der Waals surface area contributed by atoms with Gasteiger partial charge in [0.25, 0.3) is 0 Å². The first kappa shape index (κ1) is 21.7. The zero-order valence-electron chi connectivity index (χ0n) is 18.3. The molecule has 1 aromatic carbocycles. The van der Waals surface area contributed by atoms with E-state index in [2.05, 4.69) is 4.98 Å². The number of nitrogens with zero attached hydrogens (tertiary/aromatic N) is 1. The average Bonchev–Trinajstić information content (AvgIpc) is 3.29. The lowest BCUT2D eigenvalue weighted by Gasteiger charge is -2.32. The Labute approximate surface area is 184 Å². The van der Waals surface area contributed by atoms with E-state index in [1.165, 1.54) is 17.5 Å². The topological polar surface area (TPSA) is 40.6 Å². The van der Waals surface area contributed by atoms with E-state index in [4.69, 9.17) is 14.0 Å². The molecule has 170 valence electrons. The fourth-order valence-electron chi connectivity index (χ4n) is 4.52. The molecule has 2 fully saturated rings.